The van der Waals surface area contributed by atoms with Crippen molar-refractivity contribution in [3.8, 4) is 11.8 Å². The van der Waals surface area contributed by atoms with E-state index >= 15 is 0 Å². The summed E-state index contributed by atoms with van der Waals surface area (Å²) >= 11 is 0. The van der Waals surface area contributed by atoms with Crippen molar-refractivity contribution in [3.63, 3.8) is 0 Å². The summed E-state index contributed by atoms with van der Waals surface area (Å²) in [6, 6.07) is 10.2. The first-order valence-corrected chi connectivity index (χ1v) is 6.86. The second kappa shape index (κ2) is 6.36. The highest BCUT2D eigenvalue weighted by Crippen LogP contribution is 2.25. The third kappa shape index (κ3) is 2.89. The topological polar surface area (TPSA) is 67.6 Å². The third-order valence-corrected chi connectivity index (χ3v) is 3.60. The van der Waals surface area contributed by atoms with E-state index in [9.17, 15) is 0 Å². The van der Waals surface area contributed by atoms with Gasteiger partial charge < -0.3 is 10.3 Å². The highest BCUT2D eigenvalue weighted by Gasteiger charge is 2.18. The Kier molecular flexibility index (Phi) is 4.54. The number of aromatic nitrogens is 2. The molecule has 0 aliphatic carbocycles. The van der Waals surface area contributed by atoms with Crippen molar-refractivity contribution in [1.82, 2.24) is 9.55 Å². The molecule has 4 heteroatoms. The van der Waals surface area contributed by atoms with Gasteiger partial charge in [0.1, 0.15) is 0 Å². The van der Waals surface area contributed by atoms with Crippen molar-refractivity contribution in [2.24, 2.45) is 11.7 Å². The highest BCUT2D eigenvalue weighted by atomic mass is 15.1. The SMILES string of the molecule is CC(C)C(CN)c1cncn1-c1ccc(CC#N)cc1. The molecular weight excluding hydrogens is 248 g/mol. The lowest BCUT2D eigenvalue weighted by Crippen LogP contribution is -2.20. The molecule has 0 aliphatic rings. The van der Waals surface area contributed by atoms with Crippen LogP contribution in [0.3, 0.4) is 0 Å². The van der Waals surface area contributed by atoms with E-state index in [1.807, 2.05) is 36.8 Å². The summed E-state index contributed by atoms with van der Waals surface area (Å²) in [5, 5.41) is 8.70. The monoisotopic (exact) mass is 268 g/mol. The van der Waals surface area contributed by atoms with E-state index < -0.39 is 0 Å². The largest absolute Gasteiger partial charge is 0.330 e. The molecule has 1 aromatic carbocycles. The summed E-state index contributed by atoms with van der Waals surface area (Å²) in [6.07, 6.45) is 4.15. The number of benzene rings is 1. The molecule has 1 heterocycles. The fourth-order valence-electron chi connectivity index (χ4n) is 2.40. The molecule has 0 radical (unpaired) electrons. The van der Waals surface area contributed by atoms with Crippen LogP contribution in [0.2, 0.25) is 0 Å². The van der Waals surface area contributed by atoms with Crippen LogP contribution in [0.1, 0.15) is 31.0 Å². The summed E-state index contributed by atoms with van der Waals surface area (Å²) in [4.78, 5) is 4.26. The lowest BCUT2D eigenvalue weighted by atomic mass is 9.93. The summed E-state index contributed by atoms with van der Waals surface area (Å²) in [5.41, 5.74) is 9.11. The van der Waals surface area contributed by atoms with Crippen LogP contribution in [0.15, 0.2) is 36.8 Å². The number of nitrogens with zero attached hydrogens (tertiary/aromatic N) is 3. The molecule has 1 aromatic heterocycles. The minimum absolute atomic E-state index is 0.288. The zero-order valence-electron chi connectivity index (χ0n) is 12.0. The molecule has 0 saturated carbocycles. The van der Waals surface area contributed by atoms with Crippen LogP contribution in [0.4, 0.5) is 0 Å². The second-order valence-corrected chi connectivity index (χ2v) is 5.28. The van der Waals surface area contributed by atoms with E-state index in [1.165, 1.54) is 0 Å². The molecule has 0 saturated heterocycles. The van der Waals surface area contributed by atoms with Gasteiger partial charge in [-0.2, -0.15) is 5.26 Å². The normalized spacial score (nSPS) is 12.3. The van der Waals surface area contributed by atoms with Crippen LogP contribution in [0.5, 0.6) is 0 Å². The Balaban J connectivity index is 2.34. The molecule has 2 aromatic rings. The zero-order chi connectivity index (χ0) is 14.5. The van der Waals surface area contributed by atoms with E-state index in [4.69, 9.17) is 11.0 Å². The van der Waals surface area contributed by atoms with Gasteiger partial charge in [-0.05, 0) is 23.6 Å². The molecule has 0 amide bonds. The number of imidazole rings is 1. The molecule has 1 atom stereocenters. The van der Waals surface area contributed by atoms with E-state index in [0.29, 0.717) is 18.9 Å². The molecule has 4 nitrogen and oxygen atoms in total. The maximum Gasteiger partial charge on any atom is 0.0994 e. The zero-order valence-corrected chi connectivity index (χ0v) is 12.0. The predicted octanol–water partition coefficient (Wildman–Crippen LogP) is 2.64. The van der Waals surface area contributed by atoms with Crippen molar-refractivity contribution in [1.29, 1.82) is 5.26 Å². The van der Waals surface area contributed by atoms with Gasteiger partial charge in [0.05, 0.1) is 18.8 Å². The van der Waals surface area contributed by atoms with Gasteiger partial charge in [-0.1, -0.05) is 26.0 Å². The van der Waals surface area contributed by atoms with Crippen molar-refractivity contribution >= 4 is 0 Å². The van der Waals surface area contributed by atoms with Gasteiger partial charge in [0.25, 0.3) is 0 Å². The average molecular weight is 268 g/mol. The minimum Gasteiger partial charge on any atom is -0.330 e. The van der Waals surface area contributed by atoms with Crippen LogP contribution in [0, 0.1) is 17.2 Å². The van der Waals surface area contributed by atoms with Crippen LogP contribution in [-0.2, 0) is 6.42 Å². The molecule has 0 fully saturated rings. The molecule has 0 spiro atoms. The lowest BCUT2D eigenvalue weighted by molar-refractivity contribution is 0.490. The summed E-state index contributed by atoms with van der Waals surface area (Å²) in [6.45, 7) is 4.95. The van der Waals surface area contributed by atoms with Gasteiger partial charge in [-0.3, -0.25) is 0 Å². The Labute approximate surface area is 119 Å². The fourth-order valence-corrected chi connectivity index (χ4v) is 2.40. The van der Waals surface area contributed by atoms with Gasteiger partial charge in [0, 0.05) is 30.0 Å². The number of hydrogen-bond donors (Lipinski definition) is 1. The molecule has 0 bridgehead atoms. The first kappa shape index (κ1) is 14.3. The predicted molar refractivity (Wildman–Crippen MR) is 79.5 cm³/mol. The van der Waals surface area contributed by atoms with E-state index in [1.54, 1.807) is 0 Å². The van der Waals surface area contributed by atoms with Crippen molar-refractivity contribution in [2.45, 2.75) is 26.2 Å². The third-order valence-electron chi connectivity index (χ3n) is 3.60. The van der Waals surface area contributed by atoms with E-state index in [-0.39, 0.29) is 5.92 Å². The minimum atomic E-state index is 0.288. The maximum absolute atomic E-state index is 8.70. The molecule has 0 aliphatic heterocycles. The molecule has 1 unspecified atom stereocenters. The summed E-state index contributed by atoms with van der Waals surface area (Å²) < 4.78 is 2.08. The average Bonchev–Trinajstić information content (AvgIpc) is 2.89. The van der Waals surface area contributed by atoms with Crippen molar-refractivity contribution in [2.75, 3.05) is 6.54 Å². The van der Waals surface area contributed by atoms with Crippen molar-refractivity contribution < 1.29 is 0 Å². The van der Waals surface area contributed by atoms with Gasteiger partial charge in [-0.25, -0.2) is 4.98 Å². The Bertz CT molecular complexity index is 590. The second-order valence-electron chi connectivity index (χ2n) is 5.28. The Morgan fingerprint density at radius 1 is 1.30 bits per heavy atom. The molecule has 104 valence electrons. The van der Waals surface area contributed by atoms with E-state index in [0.717, 1.165) is 16.9 Å². The lowest BCUT2D eigenvalue weighted by Gasteiger charge is -2.20. The van der Waals surface area contributed by atoms with Crippen LogP contribution in [-0.4, -0.2) is 16.1 Å². The standard InChI is InChI=1S/C16H20N4/c1-12(2)15(9-18)16-10-19-11-20(16)14-5-3-13(4-6-14)7-8-17/h3-6,10-12,15H,7,9,18H2,1-2H3. The van der Waals surface area contributed by atoms with Gasteiger partial charge in [0.15, 0.2) is 0 Å². The van der Waals surface area contributed by atoms with Gasteiger partial charge in [0.2, 0.25) is 0 Å². The van der Waals surface area contributed by atoms with Crippen LogP contribution < -0.4 is 5.73 Å². The number of nitrogens with two attached hydrogens (primary N) is 1. The molecule has 2 N–H and O–H groups in total. The molecular formula is C16H20N4. The molecule has 2 rings (SSSR count). The Morgan fingerprint density at radius 3 is 2.55 bits per heavy atom. The number of nitriles is 1. The quantitative estimate of drug-likeness (QED) is 0.906. The first-order valence-electron chi connectivity index (χ1n) is 6.86. The highest BCUT2D eigenvalue weighted by molar-refractivity contribution is 5.37. The Morgan fingerprint density at radius 2 is 2.00 bits per heavy atom. The summed E-state index contributed by atoms with van der Waals surface area (Å²) in [5.74, 6) is 0.754. The first-order chi connectivity index (χ1) is 9.67. The van der Waals surface area contributed by atoms with Crippen LogP contribution >= 0.6 is 0 Å². The smallest absolute Gasteiger partial charge is 0.0994 e. The fraction of sp³-hybridized carbons (Fsp3) is 0.375. The Hall–Kier alpha value is -2.12. The van der Waals surface area contributed by atoms with Crippen LogP contribution in [0.25, 0.3) is 5.69 Å². The number of hydrogen-bond acceptors (Lipinski definition) is 3. The van der Waals surface area contributed by atoms with Gasteiger partial charge >= 0.3 is 0 Å². The van der Waals surface area contributed by atoms with Crippen molar-refractivity contribution in [3.05, 3.63) is 48.0 Å². The summed E-state index contributed by atoms with van der Waals surface area (Å²) in [7, 11) is 0. The van der Waals surface area contributed by atoms with E-state index in [2.05, 4.69) is 29.5 Å². The molecule has 20 heavy (non-hydrogen) atoms. The van der Waals surface area contributed by atoms with Gasteiger partial charge in [-0.15, -0.1) is 0 Å². The number of rotatable bonds is 5. The maximum atomic E-state index is 8.70.